The van der Waals surface area contributed by atoms with Crippen molar-refractivity contribution < 1.29 is 4.79 Å². The van der Waals surface area contributed by atoms with Gasteiger partial charge in [-0.15, -0.1) is 0 Å². The van der Waals surface area contributed by atoms with Gasteiger partial charge in [0.1, 0.15) is 0 Å². The SMILES string of the molecule is CC(C)(C(=O)Nc1ccc(-n2ccc(=O)[nH]2)cc1)c1cnccn1. The predicted molar refractivity (Wildman–Crippen MR) is 90.1 cm³/mol. The smallest absolute Gasteiger partial charge is 0.264 e. The normalized spacial score (nSPS) is 11.2. The Bertz CT molecular complexity index is 894. The van der Waals surface area contributed by atoms with E-state index in [9.17, 15) is 9.59 Å². The molecule has 0 unspecified atom stereocenters. The minimum absolute atomic E-state index is 0.168. The van der Waals surface area contributed by atoms with E-state index in [0.717, 1.165) is 5.69 Å². The molecule has 7 nitrogen and oxygen atoms in total. The van der Waals surface area contributed by atoms with Gasteiger partial charge in [0.05, 0.1) is 16.8 Å². The second kappa shape index (κ2) is 6.11. The Morgan fingerprint density at radius 2 is 1.92 bits per heavy atom. The van der Waals surface area contributed by atoms with Crippen molar-refractivity contribution in [3.8, 4) is 5.69 Å². The predicted octanol–water partition coefficient (Wildman–Crippen LogP) is 1.87. The van der Waals surface area contributed by atoms with Gasteiger partial charge < -0.3 is 5.32 Å². The van der Waals surface area contributed by atoms with Crippen LogP contribution in [0.2, 0.25) is 0 Å². The van der Waals surface area contributed by atoms with Crippen molar-refractivity contribution in [2.75, 3.05) is 5.32 Å². The molecule has 0 spiro atoms. The Morgan fingerprint density at radius 1 is 1.17 bits per heavy atom. The molecule has 0 saturated carbocycles. The standard InChI is InChI=1S/C17H17N5O2/c1-17(2,14-11-18-8-9-19-14)16(24)20-12-3-5-13(6-4-12)22-10-7-15(23)21-22/h3-11H,1-2H3,(H,20,24)(H,21,23). The third-order valence-corrected chi connectivity index (χ3v) is 3.78. The molecule has 0 atom stereocenters. The number of aromatic nitrogens is 4. The molecular weight excluding hydrogens is 306 g/mol. The summed E-state index contributed by atoms with van der Waals surface area (Å²) in [6.45, 7) is 3.59. The van der Waals surface area contributed by atoms with Crippen LogP contribution in [-0.4, -0.2) is 25.7 Å². The molecule has 7 heteroatoms. The van der Waals surface area contributed by atoms with Crippen molar-refractivity contribution in [3.05, 3.63) is 71.2 Å². The Balaban J connectivity index is 1.76. The fourth-order valence-electron chi connectivity index (χ4n) is 2.22. The van der Waals surface area contributed by atoms with E-state index in [1.54, 1.807) is 67.6 Å². The van der Waals surface area contributed by atoms with Crippen LogP contribution < -0.4 is 10.9 Å². The molecule has 0 saturated heterocycles. The lowest BCUT2D eigenvalue weighted by Gasteiger charge is -2.22. The number of anilines is 1. The summed E-state index contributed by atoms with van der Waals surface area (Å²) < 4.78 is 1.61. The van der Waals surface area contributed by atoms with Gasteiger partial charge in [-0.05, 0) is 38.1 Å². The molecule has 3 aromatic rings. The molecule has 2 heterocycles. The summed E-state index contributed by atoms with van der Waals surface area (Å²) in [5, 5.41) is 5.53. The molecule has 0 aliphatic heterocycles. The molecule has 3 rings (SSSR count). The number of aromatic amines is 1. The zero-order chi connectivity index (χ0) is 17.2. The van der Waals surface area contributed by atoms with E-state index in [1.807, 2.05) is 0 Å². The number of nitrogens with zero attached hydrogens (tertiary/aromatic N) is 3. The first kappa shape index (κ1) is 15.7. The van der Waals surface area contributed by atoms with Crippen molar-refractivity contribution in [2.45, 2.75) is 19.3 Å². The minimum atomic E-state index is -0.807. The average molecular weight is 323 g/mol. The topological polar surface area (TPSA) is 92.7 Å². The van der Waals surface area contributed by atoms with Crippen molar-refractivity contribution >= 4 is 11.6 Å². The van der Waals surface area contributed by atoms with Crippen LogP contribution in [0.5, 0.6) is 0 Å². The maximum atomic E-state index is 12.6. The fourth-order valence-corrected chi connectivity index (χ4v) is 2.22. The lowest BCUT2D eigenvalue weighted by molar-refractivity contribution is -0.120. The minimum Gasteiger partial charge on any atom is -0.325 e. The molecule has 0 radical (unpaired) electrons. The lowest BCUT2D eigenvalue weighted by atomic mass is 9.88. The zero-order valence-corrected chi connectivity index (χ0v) is 13.4. The molecule has 0 fully saturated rings. The third kappa shape index (κ3) is 3.10. The second-order valence-electron chi connectivity index (χ2n) is 5.88. The molecule has 2 aromatic heterocycles. The van der Waals surface area contributed by atoms with Crippen LogP contribution >= 0.6 is 0 Å². The lowest BCUT2D eigenvalue weighted by Crippen LogP contribution is -2.35. The summed E-state index contributed by atoms with van der Waals surface area (Å²) >= 11 is 0. The molecule has 1 aromatic carbocycles. The van der Waals surface area contributed by atoms with Crippen LogP contribution in [0, 0.1) is 0 Å². The van der Waals surface area contributed by atoms with Crippen LogP contribution in [0.25, 0.3) is 5.69 Å². The van der Waals surface area contributed by atoms with Crippen molar-refractivity contribution in [3.63, 3.8) is 0 Å². The number of carbonyl (C=O) groups is 1. The number of H-pyrrole nitrogens is 1. The maximum Gasteiger partial charge on any atom is 0.264 e. The molecule has 0 aliphatic rings. The van der Waals surface area contributed by atoms with Gasteiger partial charge in [0.25, 0.3) is 5.56 Å². The highest BCUT2D eigenvalue weighted by Gasteiger charge is 2.31. The molecular formula is C17H17N5O2. The van der Waals surface area contributed by atoms with Gasteiger partial charge >= 0.3 is 0 Å². The number of nitrogens with one attached hydrogen (secondary N) is 2. The first-order chi connectivity index (χ1) is 11.5. The second-order valence-corrected chi connectivity index (χ2v) is 5.88. The highest BCUT2D eigenvalue weighted by atomic mass is 16.2. The largest absolute Gasteiger partial charge is 0.325 e. The summed E-state index contributed by atoms with van der Waals surface area (Å²) in [4.78, 5) is 32.0. The van der Waals surface area contributed by atoms with Crippen LogP contribution in [0.1, 0.15) is 19.5 Å². The molecule has 0 aliphatic carbocycles. The fraction of sp³-hybridized carbons (Fsp3) is 0.176. The highest BCUT2D eigenvalue weighted by Crippen LogP contribution is 2.23. The van der Waals surface area contributed by atoms with E-state index >= 15 is 0 Å². The number of hydrogen-bond acceptors (Lipinski definition) is 4. The quantitative estimate of drug-likeness (QED) is 0.766. The van der Waals surface area contributed by atoms with Gasteiger partial charge in [-0.25, -0.2) is 0 Å². The van der Waals surface area contributed by atoms with Gasteiger partial charge in [0, 0.05) is 36.5 Å². The van der Waals surface area contributed by atoms with Crippen molar-refractivity contribution in [1.29, 1.82) is 0 Å². The first-order valence-corrected chi connectivity index (χ1v) is 7.43. The summed E-state index contributed by atoms with van der Waals surface area (Å²) in [7, 11) is 0. The Morgan fingerprint density at radius 3 is 2.50 bits per heavy atom. The van der Waals surface area contributed by atoms with Crippen LogP contribution in [0.15, 0.2) is 59.9 Å². The Kier molecular flexibility index (Phi) is 3.99. The van der Waals surface area contributed by atoms with E-state index in [4.69, 9.17) is 0 Å². The molecule has 0 bridgehead atoms. The van der Waals surface area contributed by atoms with Crippen LogP contribution in [0.3, 0.4) is 0 Å². The number of carbonyl (C=O) groups excluding carboxylic acids is 1. The molecule has 24 heavy (non-hydrogen) atoms. The molecule has 1 amide bonds. The number of amides is 1. The summed E-state index contributed by atoms with van der Waals surface area (Å²) in [5.41, 5.74) is 1.08. The monoisotopic (exact) mass is 323 g/mol. The Hall–Kier alpha value is -3.22. The maximum absolute atomic E-state index is 12.6. The zero-order valence-electron chi connectivity index (χ0n) is 13.4. The van der Waals surface area contributed by atoms with E-state index in [2.05, 4.69) is 20.4 Å². The van der Waals surface area contributed by atoms with Crippen molar-refractivity contribution in [2.24, 2.45) is 0 Å². The first-order valence-electron chi connectivity index (χ1n) is 7.43. The summed E-state index contributed by atoms with van der Waals surface area (Å²) in [5.74, 6) is -0.176. The number of hydrogen-bond donors (Lipinski definition) is 2. The van der Waals surface area contributed by atoms with Crippen LogP contribution in [0.4, 0.5) is 5.69 Å². The number of benzene rings is 1. The van der Waals surface area contributed by atoms with Gasteiger partial charge in [-0.1, -0.05) is 0 Å². The summed E-state index contributed by atoms with van der Waals surface area (Å²) in [6.07, 6.45) is 6.37. The van der Waals surface area contributed by atoms with Gasteiger partial charge in [-0.2, -0.15) is 0 Å². The Labute approximate surface area is 138 Å². The van der Waals surface area contributed by atoms with Gasteiger partial charge in [0.2, 0.25) is 5.91 Å². The van der Waals surface area contributed by atoms with E-state index in [-0.39, 0.29) is 11.5 Å². The van der Waals surface area contributed by atoms with E-state index in [0.29, 0.717) is 11.4 Å². The van der Waals surface area contributed by atoms with E-state index in [1.165, 1.54) is 6.07 Å². The third-order valence-electron chi connectivity index (χ3n) is 3.78. The van der Waals surface area contributed by atoms with Gasteiger partial charge in [0.15, 0.2) is 0 Å². The summed E-state index contributed by atoms with van der Waals surface area (Å²) in [6, 6.07) is 8.61. The molecule has 2 N–H and O–H groups in total. The van der Waals surface area contributed by atoms with E-state index < -0.39 is 5.41 Å². The van der Waals surface area contributed by atoms with Crippen LogP contribution in [-0.2, 0) is 10.2 Å². The van der Waals surface area contributed by atoms with Crippen molar-refractivity contribution in [1.82, 2.24) is 19.7 Å². The average Bonchev–Trinajstić information content (AvgIpc) is 3.03. The van der Waals surface area contributed by atoms with Gasteiger partial charge in [-0.3, -0.25) is 29.3 Å². The highest BCUT2D eigenvalue weighted by molar-refractivity contribution is 5.98. The molecule has 122 valence electrons. The number of rotatable bonds is 4.